The Labute approximate surface area is 142 Å². The molecule has 0 aliphatic heterocycles. The molecule has 2 heterocycles. The summed E-state index contributed by atoms with van der Waals surface area (Å²) in [6.07, 6.45) is 5.89. The maximum absolute atomic E-state index is 13.2. The molecule has 0 fully saturated rings. The van der Waals surface area contributed by atoms with Crippen molar-refractivity contribution in [3.8, 4) is 0 Å². The van der Waals surface area contributed by atoms with Crippen molar-refractivity contribution in [2.24, 2.45) is 7.05 Å². The molecule has 2 aromatic heterocycles. The predicted octanol–water partition coefficient (Wildman–Crippen LogP) is 2.15. The molecule has 0 bridgehead atoms. The molecule has 6 nitrogen and oxygen atoms in total. The number of carbonyl (C=O) groups is 1. The highest BCUT2D eigenvalue weighted by atomic mass is 16.5. The van der Waals surface area contributed by atoms with E-state index in [1.807, 2.05) is 32.3 Å². The lowest BCUT2D eigenvalue weighted by atomic mass is 9.95. The van der Waals surface area contributed by atoms with Gasteiger partial charge in [-0.15, -0.1) is 0 Å². The maximum atomic E-state index is 13.2. The van der Waals surface area contributed by atoms with Crippen LogP contribution in [0.5, 0.6) is 0 Å². The van der Waals surface area contributed by atoms with Gasteiger partial charge >= 0.3 is 0 Å². The van der Waals surface area contributed by atoms with Crippen LogP contribution in [-0.2, 0) is 24.6 Å². The van der Waals surface area contributed by atoms with E-state index in [0.29, 0.717) is 12.3 Å². The van der Waals surface area contributed by atoms with Crippen LogP contribution in [0.4, 0.5) is 0 Å². The van der Waals surface area contributed by atoms with Gasteiger partial charge in [-0.05, 0) is 37.8 Å². The fourth-order valence-electron chi connectivity index (χ4n) is 3.38. The van der Waals surface area contributed by atoms with E-state index in [1.54, 1.807) is 22.9 Å². The summed E-state index contributed by atoms with van der Waals surface area (Å²) in [5.74, 6) is -0.0270. The number of ether oxygens (including phenoxy) is 1. The van der Waals surface area contributed by atoms with Crippen molar-refractivity contribution in [2.45, 2.75) is 31.7 Å². The van der Waals surface area contributed by atoms with Gasteiger partial charge in [-0.1, -0.05) is 6.07 Å². The van der Waals surface area contributed by atoms with Crippen molar-refractivity contribution in [2.75, 3.05) is 20.8 Å². The van der Waals surface area contributed by atoms with Gasteiger partial charge in [-0.3, -0.25) is 14.5 Å². The summed E-state index contributed by atoms with van der Waals surface area (Å²) in [7, 11) is 5.30. The van der Waals surface area contributed by atoms with Gasteiger partial charge in [-0.25, -0.2) is 0 Å². The molecule has 1 atom stereocenters. The average Bonchev–Trinajstić information content (AvgIpc) is 2.95. The normalized spacial score (nSPS) is 15.0. The molecular formula is C18H24N4O2. The SMILES string of the molecule is COC[C@H](c1ccccn1)N(C)C(=O)c1c2c(nn1C)CCCC2. The largest absolute Gasteiger partial charge is 0.382 e. The summed E-state index contributed by atoms with van der Waals surface area (Å²) in [6.45, 7) is 0.402. The summed E-state index contributed by atoms with van der Waals surface area (Å²) < 4.78 is 7.07. The smallest absolute Gasteiger partial charge is 0.272 e. The molecule has 0 N–H and O–H groups in total. The minimum absolute atomic E-state index is 0.0270. The van der Waals surface area contributed by atoms with Crippen LogP contribution in [0.3, 0.4) is 0 Å². The molecule has 0 radical (unpaired) electrons. The lowest BCUT2D eigenvalue weighted by Crippen LogP contribution is -2.36. The fraction of sp³-hybridized carbons (Fsp3) is 0.500. The van der Waals surface area contributed by atoms with Crippen LogP contribution in [-0.4, -0.2) is 46.3 Å². The lowest BCUT2D eigenvalue weighted by Gasteiger charge is -2.27. The Kier molecular flexibility index (Phi) is 4.94. The highest BCUT2D eigenvalue weighted by molar-refractivity contribution is 5.94. The molecule has 0 saturated heterocycles. The van der Waals surface area contributed by atoms with Crippen LogP contribution in [0.15, 0.2) is 24.4 Å². The summed E-state index contributed by atoms with van der Waals surface area (Å²) in [6, 6.07) is 5.49. The van der Waals surface area contributed by atoms with Crippen LogP contribution < -0.4 is 0 Å². The Morgan fingerprint density at radius 2 is 2.17 bits per heavy atom. The summed E-state index contributed by atoms with van der Waals surface area (Å²) in [5.41, 5.74) is 3.70. The third-order valence-corrected chi connectivity index (χ3v) is 4.66. The third kappa shape index (κ3) is 3.06. The molecule has 0 spiro atoms. The number of hydrogen-bond acceptors (Lipinski definition) is 4. The highest BCUT2D eigenvalue weighted by Gasteiger charge is 2.30. The number of aromatic nitrogens is 3. The molecule has 0 unspecified atom stereocenters. The summed E-state index contributed by atoms with van der Waals surface area (Å²) >= 11 is 0. The van der Waals surface area contributed by atoms with Gasteiger partial charge in [0.15, 0.2) is 0 Å². The van der Waals surface area contributed by atoms with Crippen molar-refractivity contribution in [3.63, 3.8) is 0 Å². The quantitative estimate of drug-likeness (QED) is 0.844. The molecule has 3 rings (SSSR count). The van der Waals surface area contributed by atoms with Crippen molar-refractivity contribution in [3.05, 3.63) is 47.0 Å². The number of nitrogens with zero attached hydrogens (tertiary/aromatic N) is 4. The Bertz CT molecular complexity index is 711. The van der Waals surface area contributed by atoms with Crippen molar-refractivity contribution in [1.29, 1.82) is 0 Å². The number of amides is 1. The van der Waals surface area contributed by atoms with Gasteiger partial charge in [0.25, 0.3) is 5.91 Å². The van der Waals surface area contributed by atoms with Crippen LogP contribution in [0, 0.1) is 0 Å². The zero-order valence-electron chi connectivity index (χ0n) is 14.5. The van der Waals surface area contributed by atoms with Crippen molar-refractivity contribution < 1.29 is 9.53 Å². The van der Waals surface area contributed by atoms with Gasteiger partial charge in [0.2, 0.25) is 0 Å². The Morgan fingerprint density at radius 1 is 1.38 bits per heavy atom. The minimum atomic E-state index is -0.224. The molecule has 0 aromatic carbocycles. The molecule has 1 amide bonds. The predicted molar refractivity (Wildman–Crippen MR) is 90.8 cm³/mol. The Balaban J connectivity index is 1.92. The first-order valence-corrected chi connectivity index (χ1v) is 8.35. The van der Waals surface area contributed by atoms with Gasteiger partial charge in [-0.2, -0.15) is 5.10 Å². The number of rotatable bonds is 5. The maximum Gasteiger partial charge on any atom is 0.272 e. The minimum Gasteiger partial charge on any atom is -0.382 e. The fourth-order valence-corrected chi connectivity index (χ4v) is 3.38. The van der Waals surface area contributed by atoms with Crippen LogP contribution in [0.1, 0.15) is 46.3 Å². The van der Waals surface area contributed by atoms with E-state index in [9.17, 15) is 4.79 Å². The van der Waals surface area contributed by atoms with Crippen molar-refractivity contribution in [1.82, 2.24) is 19.7 Å². The Hall–Kier alpha value is -2.21. The van der Waals surface area contributed by atoms with Crippen LogP contribution >= 0.6 is 0 Å². The average molecular weight is 328 g/mol. The molecular weight excluding hydrogens is 304 g/mol. The van der Waals surface area contributed by atoms with E-state index in [-0.39, 0.29) is 11.9 Å². The number of methoxy groups -OCH3 is 1. The van der Waals surface area contributed by atoms with E-state index in [4.69, 9.17) is 4.74 Å². The number of likely N-dealkylation sites (N-methyl/N-ethyl adjacent to an activating group) is 1. The second-order valence-electron chi connectivity index (χ2n) is 6.25. The first-order valence-electron chi connectivity index (χ1n) is 8.35. The van der Waals surface area contributed by atoms with E-state index in [0.717, 1.165) is 42.6 Å². The zero-order chi connectivity index (χ0) is 17.1. The van der Waals surface area contributed by atoms with Crippen LogP contribution in [0.25, 0.3) is 0 Å². The second kappa shape index (κ2) is 7.13. The molecule has 24 heavy (non-hydrogen) atoms. The first kappa shape index (κ1) is 16.6. The summed E-state index contributed by atoms with van der Waals surface area (Å²) in [4.78, 5) is 19.3. The van der Waals surface area contributed by atoms with Gasteiger partial charge in [0.1, 0.15) is 5.69 Å². The monoisotopic (exact) mass is 328 g/mol. The molecule has 128 valence electrons. The molecule has 6 heteroatoms. The van der Waals surface area contributed by atoms with Crippen molar-refractivity contribution >= 4 is 5.91 Å². The number of hydrogen-bond donors (Lipinski definition) is 0. The summed E-state index contributed by atoms with van der Waals surface area (Å²) in [5, 5.41) is 4.55. The molecule has 0 saturated carbocycles. The lowest BCUT2D eigenvalue weighted by molar-refractivity contribution is 0.0583. The second-order valence-corrected chi connectivity index (χ2v) is 6.25. The van der Waals surface area contributed by atoms with Gasteiger partial charge < -0.3 is 9.64 Å². The number of aryl methyl sites for hydroxylation is 2. The zero-order valence-corrected chi connectivity index (χ0v) is 14.5. The Morgan fingerprint density at radius 3 is 2.88 bits per heavy atom. The van der Waals surface area contributed by atoms with E-state index in [2.05, 4.69) is 10.1 Å². The highest BCUT2D eigenvalue weighted by Crippen LogP contribution is 2.27. The molecule has 2 aromatic rings. The number of carbonyl (C=O) groups excluding carboxylic acids is 1. The number of fused-ring (bicyclic) bond motifs is 1. The van der Waals surface area contributed by atoms with E-state index >= 15 is 0 Å². The molecule has 1 aliphatic carbocycles. The first-order chi connectivity index (χ1) is 11.6. The van der Waals surface area contributed by atoms with E-state index in [1.165, 1.54) is 0 Å². The van der Waals surface area contributed by atoms with Gasteiger partial charge in [0, 0.05) is 33.0 Å². The standard InChI is InChI=1S/C18H24N4O2/c1-21(16(12-24-3)15-10-6-7-11-19-15)18(23)17-13-8-4-5-9-14(13)20-22(17)2/h6-7,10-11,16H,4-5,8-9,12H2,1-3H3/t16-/m1/s1. The van der Waals surface area contributed by atoms with Crippen LogP contribution in [0.2, 0.25) is 0 Å². The number of pyridine rings is 1. The van der Waals surface area contributed by atoms with E-state index < -0.39 is 0 Å². The van der Waals surface area contributed by atoms with Gasteiger partial charge in [0.05, 0.1) is 24.0 Å². The third-order valence-electron chi connectivity index (χ3n) is 4.66. The molecule has 1 aliphatic rings. The topological polar surface area (TPSA) is 60.2 Å².